The molecule has 2 N–H and O–H groups in total. The van der Waals surface area contributed by atoms with Crippen LogP contribution in [-0.4, -0.2) is 47.9 Å². The average Bonchev–Trinajstić information content (AvgIpc) is 2.76. The van der Waals surface area contributed by atoms with Gasteiger partial charge < -0.3 is 10.1 Å². The van der Waals surface area contributed by atoms with E-state index in [0.717, 1.165) is 24.3 Å². The van der Waals surface area contributed by atoms with Gasteiger partial charge in [0.2, 0.25) is 5.91 Å². The van der Waals surface area contributed by atoms with Crippen LogP contribution < -0.4 is 5.32 Å². The zero-order valence-electron chi connectivity index (χ0n) is 11.0. The number of H-pyrrole nitrogens is 1. The molecule has 0 aromatic carbocycles. The molecule has 5 nitrogen and oxygen atoms in total. The third-order valence-electron chi connectivity index (χ3n) is 2.54. The van der Waals surface area contributed by atoms with Crippen LogP contribution in [0.1, 0.15) is 17.7 Å². The van der Waals surface area contributed by atoms with Gasteiger partial charge in [0.15, 0.2) is 0 Å². The van der Waals surface area contributed by atoms with Crippen LogP contribution in [0, 0.1) is 6.92 Å². The van der Waals surface area contributed by atoms with Crippen LogP contribution in [-0.2, 0) is 16.0 Å². The Morgan fingerprint density at radius 1 is 1.61 bits per heavy atom. The highest BCUT2D eigenvalue weighted by molar-refractivity contribution is 7.99. The molecule has 0 fully saturated rings. The number of carbonyl (C=O) groups excluding carboxylic acids is 1. The van der Waals surface area contributed by atoms with Crippen molar-refractivity contribution in [2.75, 3.05) is 31.8 Å². The smallest absolute Gasteiger partial charge is 0.229 e. The second kappa shape index (κ2) is 8.99. The van der Waals surface area contributed by atoms with Gasteiger partial charge in [0.25, 0.3) is 0 Å². The number of nitrogens with zero attached hydrogens (tertiary/aromatic N) is 1. The minimum Gasteiger partial charge on any atom is -0.384 e. The molecule has 0 aliphatic carbocycles. The highest BCUT2D eigenvalue weighted by atomic mass is 32.2. The summed E-state index contributed by atoms with van der Waals surface area (Å²) in [4.78, 5) is 11.4. The Hall–Kier alpha value is -1.01. The average molecular weight is 271 g/mol. The van der Waals surface area contributed by atoms with Gasteiger partial charge in [-0.25, -0.2) is 0 Å². The lowest BCUT2D eigenvalue weighted by atomic mass is 10.1. The van der Waals surface area contributed by atoms with E-state index in [2.05, 4.69) is 15.5 Å². The van der Waals surface area contributed by atoms with Gasteiger partial charge in [0.05, 0.1) is 18.6 Å². The highest BCUT2D eigenvalue weighted by Gasteiger charge is 2.02. The largest absolute Gasteiger partial charge is 0.384 e. The third-order valence-corrected chi connectivity index (χ3v) is 3.47. The molecular formula is C12H21N3O2S. The molecule has 0 saturated carbocycles. The summed E-state index contributed by atoms with van der Waals surface area (Å²) in [5.74, 6) is 1.46. The minimum atomic E-state index is 0.0972. The van der Waals surface area contributed by atoms with Crippen molar-refractivity contribution < 1.29 is 9.53 Å². The summed E-state index contributed by atoms with van der Waals surface area (Å²) in [5, 5.41) is 9.78. The SMILES string of the molecule is COCCSCC(=O)NCCCc1cn[nH]c1C. The Balaban J connectivity index is 2.00. The molecule has 1 rings (SSSR count). The van der Waals surface area contributed by atoms with Crippen molar-refractivity contribution in [1.82, 2.24) is 15.5 Å². The Morgan fingerprint density at radius 3 is 3.11 bits per heavy atom. The van der Waals surface area contributed by atoms with Gasteiger partial charge in [-0.05, 0) is 25.3 Å². The van der Waals surface area contributed by atoms with Gasteiger partial charge in [0, 0.05) is 25.1 Å². The van der Waals surface area contributed by atoms with Crippen LogP contribution in [0.2, 0.25) is 0 Å². The molecule has 6 heteroatoms. The summed E-state index contributed by atoms with van der Waals surface area (Å²) in [6.07, 6.45) is 3.73. The molecule has 1 amide bonds. The molecule has 1 aromatic rings. The predicted octanol–water partition coefficient (Wildman–Crippen LogP) is 1.15. The van der Waals surface area contributed by atoms with Crippen molar-refractivity contribution in [3.05, 3.63) is 17.5 Å². The maximum absolute atomic E-state index is 11.4. The first-order valence-corrected chi connectivity index (χ1v) is 7.21. The number of hydrogen-bond acceptors (Lipinski definition) is 4. The molecule has 0 radical (unpaired) electrons. The highest BCUT2D eigenvalue weighted by Crippen LogP contribution is 2.05. The van der Waals surface area contributed by atoms with Crippen molar-refractivity contribution in [1.29, 1.82) is 0 Å². The van der Waals surface area contributed by atoms with Crippen LogP contribution >= 0.6 is 11.8 Å². The van der Waals surface area contributed by atoms with Gasteiger partial charge in [-0.1, -0.05) is 0 Å². The molecule has 0 bridgehead atoms. The summed E-state index contributed by atoms with van der Waals surface area (Å²) in [6, 6.07) is 0. The summed E-state index contributed by atoms with van der Waals surface area (Å²) < 4.78 is 4.91. The van der Waals surface area contributed by atoms with Gasteiger partial charge in [-0.2, -0.15) is 5.10 Å². The number of rotatable bonds is 9. The first kappa shape index (κ1) is 15.0. The molecule has 102 valence electrons. The number of aromatic amines is 1. The van der Waals surface area contributed by atoms with Crippen LogP contribution in [0.15, 0.2) is 6.20 Å². The van der Waals surface area contributed by atoms with Crippen LogP contribution in [0.25, 0.3) is 0 Å². The third kappa shape index (κ3) is 6.07. The molecular weight excluding hydrogens is 250 g/mol. The lowest BCUT2D eigenvalue weighted by molar-refractivity contribution is -0.118. The number of methoxy groups -OCH3 is 1. The first-order chi connectivity index (χ1) is 8.74. The summed E-state index contributed by atoms with van der Waals surface area (Å²) >= 11 is 1.59. The normalized spacial score (nSPS) is 10.6. The van der Waals surface area contributed by atoms with E-state index in [-0.39, 0.29) is 5.91 Å². The first-order valence-electron chi connectivity index (χ1n) is 6.06. The van der Waals surface area contributed by atoms with E-state index in [1.165, 1.54) is 5.56 Å². The van der Waals surface area contributed by atoms with Gasteiger partial charge in [-0.3, -0.25) is 9.89 Å². The zero-order valence-corrected chi connectivity index (χ0v) is 11.8. The van der Waals surface area contributed by atoms with Crippen LogP contribution in [0.3, 0.4) is 0 Å². The second-order valence-corrected chi connectivity index (χ2v) is 5.12. The van der Waals surface area contributed by atoms with E-state index >= 15 is 0 Å². The number of aryl methyl sites for hydroxylation is 2. The van der Waals surface area contributed by atoms with Gasteiger partial charge in [-0.15, -0.1) is 11.8 Å². The fraction of sp³-hybridized carbons (Fsp3) is 0.667. The number of thioether (sulfide) groups is 1. The van der Waals surface area contributed by atoms with E-state index in [4.69, 9.17) is 4.74 Å². The van der Waals surface area contributed by atoms with Gasteiger partial charge >= 0.3 is 0 Å². The molecule has 0 aliphatic rings. The second-order valence-electron chi connectivity index (χ2n) is 4.02. The number of nitrogens with one attached hydrogen (secondary N) is 2. The zero-order chi connectivity index (χ0) is 13.2. The minimum absolute atomic E-state index is 0.0972. The van der Waals surface area contributed by atoms with Crippen molar-refractivity contribution in [3.8, 4) is 0 Å². The molecule has 0 unspecified atom stereocenters. The quantitative estimate of drug-likeness (QED) is 0.661. The Morgan fingerprint density at radius 2 is 2.44 bits per heavy atom. The number of carbonyl (C=O) groups is 1. The Bertz CT molecular complexity index is 355. The molecule has 0 aliphatic heterocycles. The topological polar surface area (TPSA) is 67.0 Å². The standard InChI is InChI=1S/C12H21N3O2S/c1-10-11(8-14-15-10)4-3-5-13-12(16)9-18-7-6-17-2/h8H,3-7,9H2,1-2H3,(H,13,16)(H,14,15). The maximum atomic E-state index is 11.4. The van der Waals surface area contributed by atoms with E-state index in [1.54, 1.807) is 18.9 Å². The van der Waals surface area contributed by atoms with Crippen molar-refractivity contribution in [2.45, 2.75) is 19.8 Å². The van der Waals surface area contributed by atoms with Crippen molar-refractivity contribution in [2.24, 2.45) is 0 Å². The molecule has 1 aromatic heterocycles. The fourth-order valence-corrected chi connectivity index (χ4v) is 2.21. The number of aromatic nitrogens is 2. The molecule has 0 saturated heterocycles. The number of hydrogen-bond donors (Lipinski definition) is 2. The number of amides is 1. The molecule has 0 atom stereocenters. The maximum Gasteiger partial charge on any atom is 0.229 e. The fourth-order valence-electron chi connectivity index (χ4n) is 1.49. The summed E-state index contributed by atoms with van der Waals surface area (Å²) in [5.41, 5.74) is 2.33. The summed E-state index contributed by atoms with van der Waals surface area (Å²) in [6.45, 7) is 3.42. The van der Waals surface area contributed by atoms with Gasteiger partial charge in [0.1, 0.15) is 0 Å². The number of ether oxygens (including phenoxy) is 1. The molecule has 0 spiro atoms. The Labute approximate surface area is 112 Å². The molecule has 18 heavy (non-hydrogen) atoms. The monoisotopic (exact) mass is 271 g/mol. The van der Waals surface area contributed by atoms with Crippen LogP contribution in [0.4, 0.5) is 0 Å². The van der Waals surface area contributed by atoms with Crippen molar-refractivity contribution >= 4 is 17.7 Å². The lowest BCUT2D eigenvalue weighted by Gasteiger charge is -2.04. The van der Waals surface area contributed by atoms with E-state index in [9.17, 15) is 4.79 Å². The van der Waals surface area contributed by atoms with E-state index in [0.29, 0.717) is 18.9 Å². The predicted molar refractivity (Wildman–Crippen MR) is 73.9 cm³/mol. The summed E-state index contributed by atoms with van der Waals surface area (Å²) in [7, 11) is 1.67. The van der Waals surface area contributed by atoms with Crippen LogP contribution in [0.5, 0.6) is 0 Å². The Kier molecular flexibility index (Phi) is 7.52. The van der Waals surface area contributed by atoms with Crippen molar-refractivity contribution in [3.63, 3.8) is 0 Å². The van der Waals surface area contributed by atoms with E-state index in [1.807, 2.05) is 13.1 Å². The van der Waals surface area contributed by atoms with E-state index < -0.39 is 0 Å². The molecule has 1 heterocycles. The lowest BCUT2D eigenvalue weighted by Crippen LogP contribution is -2.26.